The molecule has 192 valence electrons. The highest BCUT2D eigenvalue weighted by molar-refractivity contribution is 6.30. The Morgan fingerprint density at radius 3 is 2.42 bits per heavy atom. The zero-order valence-corrected chi connectivity index (χ0v) is 22.9. The number of carbonyl (C=O) groups excluding carboxylic acids is 2. The zero-order valence-electron chi connectivity index (χ0n) is 21.3. The number of halogens is 2. The molecule has 2 aromatic rings. The maximum absolute atomic E-state index is 14.1. The number of hydrogen-bond acceptors (Lipinski definition) is 4. The number of piperidine rings is 1. The number of rotatable bonds is 8. The van der Waals surface area contributed by atoms with E-state index in [-0.39, 0.29) is 36.3 Å². The summed E-state index contributed by atoms with van der Waals surface area (Å²) in [6.07, 6.45) is 2.08. The molecule has 1 aliphatic rings. The Hall–Kier alpha value is -2.55. The Kier molecular flexibility index (Phi) is 9.44. The van der Waals surface area contributed by atoms with Gasteiger partial charge >= 0.3 is 5.97 Å². The van der Waals surface area contributed by atoms with Gasteiger partial charge in [-0.2, -0.15) is 5.26 Å². The minimum absolute atomic E-state index is 0.00565. The van der Waals surface area contributed by atoms with Crippen LogP contribution in [0.1, 0.15) is 82.9 Å². The van der Waals surface area contributed by atoms with Crippen LogP contribution in [-0.2, 0) is 14.3 Å². The fourth-order valence-electron chi connectivity index (χ4n) is 5.12. The fourth-order valence-corrected chi connectivity index (χ4v) is 5.44. The molecule has 0 radical (unpaired) electrons. The lowest BCUT2D eigenvalue weighted by molar-refractivity contribution is -0.161. The third-order valence-corrected chi connectivity index (χ3v) is 7.09. The van der Waals surface area contributed by atoms with Crippen molar-refractivity contribution < 1.29 is 14.3 Å². The molecule has 2 aromatic carbocycles. The van der Waals surface area contributed by atoms with E-state index in [1.807, 2.05) is 81.1 Å². The summed E-state index contributed by atoms with van der Waals surface area (Å²) >= 11 is 12.6. The molecule has 7 heteroatoms. The van der Waals surface area contributed by atoms with Crippen molar-refractivity contribution in [1.82, 2.24) is 4.90 Å². The molecule has 1 aliphatic heterocycles. The molecule has 0 N–H and O–H groups in total. The number of likely N-dealkylation sites (tertiary alicyclic amines) is 1. The van der Waals surface area contributed by atoms with Gasteiger partial charge in [0.1, 0.15) is 5.60 Å². The van der Waals surface area contributed by atoms with Gasteiger partial charge in [0.25, 0.3) is 0 Å². The number of ether oxygens (including phenoxy) is 1. The lowest BCUT2D eigenvalue weighted by atomic mass is 9.74. The van der Waals surface area contributed by atoms with Gasteiger partial charge in [-0.05, 0) is 75.4 Å². The van der Waals surface area contributed by atoms with E-state index in [1.165, 1.54) is 0 Å². The molecule has 5 nitrogen and oxygen atoms in total. The summed E-state index contributed by atoms with van der Waals surface area (Å²) in [5, 5.41) is 10.5. The minimum Gasteiger partial charge on any atom is -0.460 e. The van der Waals surface area contributed by atoms with Crippen LogP contribution in [0.5, 0.6) is 0 Å². The van der Waals surface area contributed by atoms with Crippen LogP contribution in [-0.4, -0.2) is 28.4 Å². The third-order valence-electron chi connectivity index (χ3n) is 6.60. The van der Waals surface area contributed by atoms with Crippen LogP contribution in [0.15, 0.2) is 48.5 Å². The lowest BCUT2D eigenvalue weighted by Crippen LogP contribution is -2.52. The largest absolute Gasteiger partial charge is 0.460 e. The average Bonchev–Trinajstić information content (AvgIpc) is 2.81. The highest BCUT2D eigenvalue weighted by Crippen LogP contribution is 2.48. The summed E-state index contributed by atoms with van der Waals surface area (Å²) in [4.78, 5) is 28.8. The molecular formula is C29H34Cl2N2O3. The molecule has 36 heavy (non-hydrogen) atoms. The molecule has 0 saturated carbocycles. The standard InChI is InChI=1S/C29H34Cl2N2O3/c1-5-24(10-7-15-32)33-27(19-11-13-22(30)14-12-19)25(20-8-6-9-23(31)16-20)17-21(28(33)35)18-26(34)36-29(2,3)4/h6,8-9,11-14,16,21,24-25,27H,5,7,10,17-18H2,1-4H3. The van der Waals surface area contributed by atoms with Gasteiger partial charge in [-0.3, -0.25) is 9.59 Å². The van der Waals surface area contributed by atoms with E-state index >= 15 is 0 Å². The van der Waals surface area contributed by atoms with E-state index in [9.17, 15) is 14.9 Å². The van der Waals surface area contributed by atoms with Crippen molar-refractivity contribution in [3.63, 3.8) is 0 Å². The molecule has 4 atom stereocenters. The maximum Gasteiger partial charge on any atom is 0.307 e. The van der Waals surface area contributed by atoms with Crippen molar-refractivity contribution in [2.45, 2.75) is 83.4 Å². The molecule has 0 bridgehead atoms. The summed E-state index contributed by atoms with van der Waals surface area (Å²) in [7, 11) is 0. The van der Waals surface area contributed by atoms with Gasteiger partial charge in [-0.1, -0.05) is 54.4 Å². The number of carbonyl (C=O) groups is 2. The molecule has 1 amide bonds. The van der Waals surface area contributed by atoms with Crippen molar-refractivity contribution in [2.24, 2.45) is 5.92 Å². The average molecular weight is 530 g/mol. The Morgan fingerprint density at radius 1 is 1.14 bits per heavy atom. The smallest absolute Gasteiger partial charge is 0.307 e. The predicted octanol–water partition coefficient (Wildman–Crippen LogP) is 7.48. The molecular weight excluding hydrogens is 495 g/mol. The quantitative estimate of drug-likeness (QED) is 0.333. The Balaban J connectivity index is 2.11. The van der Waals surface area contributed by atoms with Gasteiger partial charge in [0, 0.05) is 34.3 Å². The maximum atomic E-state index is 14.1. The monoisotopic (exact) mass is 528 g/mol. The first-order chi connectivity index (χ1) is 17.0. The SMILES string of the molecule is CCC(CCC#N)N1C(=O)C(CC(=O)OC(C)(C)C)CC(c2cccc(Cl)c2)C1c1ccc(Cl)cc1. The topological polar surface area (TPSA) is 70.4 Å². The lowest BCUT2D eigenvalue weighted by Gasteiger charge is -2.48. The number of hydrogen-bond donors (Lipinski definition) is 0. The van der Waals surface area contributed by atoms with Crippen LogP contribution in [0.2, 0.25) is 10.0 Å². The summed E-state index contributed by atoms with van der Waals surface area (Å²) in [5.41, 5.74) is 1.33. The van der Waals surface area contributed by atoms with Gasteiger partial charge in [-0.25, -0.2) is 0 Å². The van der Waals surface area contributed by atoms with E-state index in [2.05, 4.69) is 6.07 Å². The number of esters is 1. The van der Waals surface area contributed by atoms with E-state index < -0.39 is 11.5 Å². The Labute approximate surface area is 224 Å². The zero-order chi connectivity index (χ0) is 26.5. The summed E-state index contributed by atoms with van der Waals surface area (Å²) in [5.74, 6) is -1.11. The Morgan fingerprint density at radius 2 is 1.83 bits per heavy atom. The highest BCUT2D eigenvalue weighted by atomic mass is 35.5. The molecule has 0 aromatic heterocycles. The van der Waals surface area contributed by atoms with Gasteiger partial charge in [0.05, 0.1) is 18.5 Å². The number of nitriles is 1. The van der Waals surface area contributed by atoms with Gasteiger partial charge in [0.15, 0.2) is 0 Å². The summed E-state index contributed by atoms with van der Waals surface area (Å²) in [6, 6.07) is 17.0. The van der Waals surface area contributed by atoms with E-state index in [0.29, 0.717) is 35.7 Å². The Bertz CT molecular complexity index is 1100. The number of benzene rings is 2. The van der Waals surface area contributed by atoms with Crippen LogP contribution in [0.3, 0.4) is 0 Å². The molecule has 4 unspecified atom stereocenters. The summed E-state index contributed by atoms with van der Waals surface area (Å²) in [6.45, 7) is 7.49. The molecule has 0 aliphatic carbocycles. The second-order valence-corrected chi connectivity index (χ2v) is 11.3. The van der Waals surface area contributed by atoms with E-state index in [1.54, 1.807) is 0 Å². The van der Waals surface area contributed by atoms with Gasteiger partial charge in [0.2, 0.25) is 5.91 Å². The molecule has 3 rings (SSSR count). The summed E-state index contributed by atoms with van der Waals surface area (Å²) < 4.78 is 5.57. The highest BCUT2D eigenvalue weighted by Gasteiger charge is 2.46. The first-order valence-electron chi connectivity index (χ1n) is 12.5. The molecule has 1 heterocycles. The van der Waals surface area contributed by atoms with Gasteiger partial charge < -0.3 is 9.64 Å². The van der Waals surface area contributed by atoms with E-state index in [0.717, 1.165) is 11.1 Å². The molecule has 1 fully saturated rings. The molecule has 1 saturated heterocycles. The van der Waals surface area contributed by atoms with E-state index in [4.69, 9.17) is 27.9 Å². The first-order valence-corrected chi connectivity index (χ1v) is 13.2. The second-order valence-electron chi connectivity index (χ2n) is 10.4. The van der Waals surface area contributed by atoms with Crippen molar-refractivity contribution >= 4 is 35.1 Å². The minimum atomic E-state index is -0.633. The van der Waals surface area contributed by atoms with Crippen LogP contribution >= 0.6 is 23.2 Å². The number of nitrogens with zero attached hydrogens (tertiary/aromatic N) is 2. The van der Waals surface area contributed by atoms with Crippen LogP contribution in [0.25, 0.3) is 0 Å². The van der Waals surface area contributed by atoms with Crippen molar-refractivity contribution in [3.8, 4) is 6.07 Å². The first kappa shape index (κ1) is 28.0. The van der Waals surface area contributed by atoms with Crippen molar-refractivity contribution in [1.29, 1.82) is 5.26 Å². The normalized spacial score (nSPS) is 21.1. The fraction of sp³-hybridized carbons (Fsp3) is 0.483. The van der Waals surface area contributed by atoms with Crippen LogP contribution in [0, 0.1) is 17.2 Å². The van der Waals surface area contributed by atoms with Crippen molar-refractivity contribution in [3.05, 3.63) is 69.7 Å². The van der Waals surface area contributed by atoms with Crippen LogP contribution in [0.4, 0.5) is 0 Å². The van der Waals surface area contributed by atoms with Crippen molar-refractivity contribution in [2.75, 3.05) is 0 Å². The predicted molar refractivity (Wildman–Crippen MR) is 143 cm³/mol. The third kappa shape index (κ3) is 7.02. The second kappa shape index (κ2) is 12.1. The van der Waals surface area contributed by atoms with Gasteiger partial charge in [-0.15, -0.1) is 0 Å². The molecule has 0 spiro atoms. The number of amides is 1. The van der Waals surface area contributed by atoms with Crippen LogP contribution < -0.4 is 0 Å².